The van der Waals surface area contributed by atoms with Crippen molar-refractivity contribution in [3.8, 4) is 0 Å². The highest BCUT2D eigenvalue weighted by Crippen LogP contribution is 2.17. The van der Waals surface area contributed by atoms with Crippen LogP contribution in [0.25, 0.3) is 0 Å². The van der Waals surface area contributed by atoms with Gasteiger partial charge >= 0.3 is 0 Å². The number of carbonyl (C=O) groups is 1. The summed E-state index contributed by atoms with van der Waals surface area (Å²) in [6, 6.07) is 3.76. The van der Waals surface area contributed by atoms with Gasteiger partial charge in [-0.05, 0) is 31.4 Å². The molecule has 4 nitrogen and oxygen atoms in total. The molecule has 1 saturated heterocycles. The monoisotopic (exact) mass is 251 g/mol. The zero-order valence-electron chi connectivity index (χ0n) is 10.9. The quantitative estimate of drug-likeness (QED) is 0.780. The summed E-state index contributed by atoms with van der Waals surface area (Å²) in [7, 11) is 0. The van der Waals surface area contributed by atoms with Crippen LogP contribution in [0.3, 0.4) is 0 Å². The van der Waals surface area contributed by atoms with E-state index in [1.54, 1.807) is 6.26 Å². The lowest BCUT2D eigenvalue weighted by Gasteiger charge is -2.24. The van der Waals surface area contributed by atoms with E-state index in [9.17, 15) is 4.79 Å². The molecule has 1 aromatic rings. The van der Waals surface area contributed by atoms with E-state index in [2.05, 4.69) is 6.92 Å². The Hall–Kier alpha value is -1.29. The van der Waals surface area contributed by atoms with Crippen LogP contribution in [0.5, 0.6) is 0 Å². The highest BCUT2D eigenvalue weighted by atomic mass is 16.5. The third kappa shape index (κ3) is 3.35. The van der Waals surface area contributed by atoms with Crippen LogP contribution >= 0.6 is 0 Å². The van der Waals surface area contributed by atoms with Crippen molar-refractivity contribution in [2.75, 3.05) is 13.2 Å². The van der Waals surface area contributed by atoms with Gasteiger partial charge in [0.2, 0.25) is 0 Å². The first-order chi connectivity index (χ1) is 8.81. The van der Waals surface area contributed by atoms with E-state index in [1.165, 1.54) is 0 Å². The number of nitrogens with zero attached hydrogens (tertiary/aromatic N) is 1. The lowest BCUT2D eigenvalue weighted by Crippen LogP contribution is -2.39. The summed E-state index contributed by atoms with van der Waals surface area (Å²) < 4.78 is 10.8. The van der Waals surface area contributed by atoms with Gasteiger partial charge in [0.1, 0.15) is 11.9 Å². The number of carbonyl (C=O) groups excluding carboxylic acids is 1. The fourth-order valence-corrected chi connectivity index (χ4v) is 2.18. The molecule has 1 atom stereocenters. The molecule has 0 N–H and O–H groups in total. The molecule has 0 bridgehead atoms. The summed E-state index contributed by atoms with van der Waals surface area (Å²) in [6.07, 6.45) is 5.33. The average molecular weight is 251 g/mol. The summed E-state index contributed by atoms with van der Waals surface area (Å²) in [5, 5.41) is 0. The molecule has 18 heavy (non-hydrogen) atoms. The molecule has 0 spiro atoms. The zero-order valence-corrected chi connectivity index (χ0v) is 10.9. The molecular weight excluding hydrogens is 230 g/mol. The average Bonchev–Trinajstić information content (AvgIpc) is 3.06. The number of hydrogen-bond acceptors (Lipinski definition) is 3. The SMILES string of the molecule is CCCCN(Cc1ccco1)C(=O)[C@@H]1CCCO1. The maximum atomic E-state index is 12.3. The van der Waals surface area contributed by atoms with Crippen LogP contribution in [0, 0.1) is 0 Å². The van der Waals surface area contributed by atoms with E-state index in [-0.39, 0.29) is 12.0 Å². The molecule has 2 heterocycles. The number of hydrogen-bond donors (Lipinski definition) is 0. The molecular formula is C14H21NO3. The van der Waals surface area contributed by atoms with Crippen LogP contribution in [0.1, 0.15) is 38.4 Å². The molecule has 0 aromatic carbocycles. The predicted molar refractivity (Wildman–Crippen MR) is 68.0 cm³/mol. The molecule has 1 aliphatic heterocycles. The lowest BCUT2D eigenvalue weighted by atomic mass is 10.2. The maximum Gasteiger partial charge on any atom is 0.252 e. The van der Waals surface area contributed by atoms with Gasteiger partial charge in [0.15, 0.2) is 0 Å². The first-order valence-corrected chi connectivity index (χ1v) is 6.74. The fraction of sp³-hybridized carbons (Fsp3) is 0.643. The second-order valence-corrected chi connectivity index (χ2v) is 4.69. The van der Waals surface area contributed by atoms with Crippen molar-refractivity contribution in [3.63, 3.8) is 0 Å². The van der Waals surface area contributed by atoms with E-state index in [4.69, 9.17) is 9.15 Å². The van der Waals surface area contributed by atoms with Crippen molar-refractivity contribution in [2.45, 2.75) is 45.3 Å². The normalized spacial score (nSPS) is 19.1. The summed E-state index contributed by atoms with van der Waals surface area (Å²) >= 11 is 0. The van der Waals surface area contributed by atoms with Crippen LogP contribution < -0.4 is 0 Å². The van der Waals surface area contributed by atoms with Gasteiger partial charge < -0.3 is 14.1 Å². The van der Waals surface area contributed by atoms with Crippen molar-refractivity contribution < 1.29 is 13.9 Å². The number of rotatable bonds is 6. The largest absolute Gasteiger partial charge is 0.467 e. The van der Waals surface area contributed by atoms with Gasteiger partial charge in [-0.3, -0.25) is 4.79 Å². The van der Waals surface area contributed by atoms with Crippen LogP contribution in [0.4, 0.5) is 0 Å². The van der Waals surface area contributed by atoms with Crippen LogP contribution in [0.2, 0.25) is 0 Å². The van der Waals surface area contributed by atoms with Crippen molar-refractivity contribution in [1.82, 2.24) is 4.90 Å². The van der Waals surface area contributed by atoms with E-state index in [0.717, 1.165) is 38.0 Å². The number of amides is 1. The Balaban J connectivity index is 1.96. The molecule has 1 fully saturated rings. The van der Waals surface area contributed by atoms with Gasteiger partial charge in [0.05, 0.1) is 12.8 Å². The molecule has 2 rings (SSSR count). The Morgan fingerprint density at radius 2 is 2.44 bits per heavy atom. The van der Waals surface area contributed by atoms with Gasteiger partial charge in [0, 0.05) is 13.2 Å². The van der Waals surface area contributed by atoms with Crippen LogP contribution in [0.15, 0.2) is 22.8 Å². The smallest absolute Gasteiger partial charge is 0.252 e. The van der Waals surface area contributed by atoms with E-state index >= 15 is 0 Å². The van der Waals surface area contributed by atoms with Crippen molar-refractivity contribution >= 4 is 5.91 Å². The van der Waals surface area contributed by atoms with Crippen molar-refractivity contribution in [3.05, 3.63) is 24.2 Å². The zero-order chi connectivity index (χ0) is 12.8. The molecule has 1 aliphatic rings. The third-order valence-corrected chi connectivity index (χ3v) is 3.23. The van der Waals surface area contributed by atoms with Gasteiger partial charge in [-0.25, -0.2) is 0 Å². The Bertz CT molecular complexity index is 355. The highest BCUT2D eigenvalue weighted by molar-refractivity contribution is 5.81. The molecule has 0 aliphatic carbocycles. The van der Waals surface area contributed by atoms with Gasteiger partial charge in [-0.2, -0.15) is 0 Å². The highest BCUT2D eigenvalue weighted by Gasteiger charge is 2.28. The Morgan fingerprint density at radius 1 is 1.56 bits per heavy atom. The minimum atomic E-state index is -0.239. The number of unbranched alkanes of at least 4 members (excludes halogenated alkanes) is 1. The topological polar surface area (TPSA) is 42.7 Å². The minimum absolute atomic E-state index is 0.109. The summed E-state index contributed by atoms with van der Waals surface area (Å²) in [5.41, 5.74) is 0. The Kier molecular flexibility index (Phi) is 4.81. The second kappa shape index (κ2) is 6.59. The summed E-state index contributed by atoms with van der Waals surface area (Å²) in [4.78, 5) is 14.2. The Labute approximate surface area is 108 Å². The second-order valence-electron chi connectivity index (χ2n) is 4.69. The molecule has 0 unspecified atom stereocenters. The van der Waals surface area contributed by atoms with Crippen molar-refractivity contribution in [2.24, 2.45) is 0 Å². The first kappa shape index (κ1) is 13.1. The Morgan fingerprint density at radius 3 is 3.06 bits per heavy atom. The van der Waals surface area contributed by atoms with Gasteiger partial charge in [-0.1, -0.05) is 13.3 Å². The molecule has 1 amide bonds. The van der Waals surface area contributed by atoms with Crippen LogP contribution in [-0.2, 0) is 16.1 Å². The predicted octanol–water partition coefficient (Wildman–Crippen LogP) is 2.59. The molecule has 1 aromatic heterocycles. The van der Waals surface area contributed by atoms with Gasteiger partial charge in [-0.15, -0.1) is 0 Å². The molecule has 0 radical (unpaired) electrons. The van der Waals surface area contributed by atoms with E-state index < -0.39 is 0 Å². The number of furan rings is 1. The third-order valence-electron chi connectivity index (χ3n) is 3.23. The number of ether oxygens (including phenoxy) is 1. The summed E-state index contributed by atoms with van der Waals surface area (Å²) in [6.45, 7) is 4.15. The molecule has 0 saturated carbocycles. The maximum absolute atomic E-state index is 12.3. The van der Waals surface area contributed by atoms with E-state index in [1.807, 2.05) is 17.0 Å². The minimum Gasteiger partial charge on any atom is -0.467 e. The standard InChI is InChI=1S/C14H21NO3/c1-2-3-8-15(11-12-6-4-9-17-12)14(16)13-7-5-10-18-13/h4,6,9,13H,2-3,5,7-8,10-11H2,1H3/t13-/m0/s1. The van der Waals surface area contributed by atoms with Crippen LogP contribution in [-0.4, -0.2) is 30.1 Å². The molecule has 4 heteroatoms. The first-order valence-electron chi connectivity index (χ1n) is 6.74. The molecule has 100 valence electrons. The van der Waals surface area contributed by atoms with E-state index in [0.29, 0.717) is 13.2 Å². The summed E-state index contributed by atoms with van der Waals surface area (Å²) in [5.74, 6) is 0.940. The fourth-order valence-electron chi connectivity index (χ4n) is 2.18. The van der Waals surface area contributed by atoms with Crippen molar-refractivity contribution in [1.29, 1.82) is 0 Å². The lowest BCUT2D eigenvalue weighted by molar-refractivity contribution is -0.141. The van der Waals surface area contributed by atoms with Gasteiger partial charge in [0.25, 0.3) is 5.91 Å².